The molecular weight excluding hydrogens is 330 g/mol. The highest BCUT2D eigenvalue weighted by molar-refractivity contribution is 9.11. The summed E-state index contributed by atoms with van der Waals surface area (Å²) >= 11 is 3.91. The topological polar surface area (TPSA) is 83.5 Å². The van der Waals surface area contributed by atoms with Gasteiger partial charge in [0.25, 0.3) is 0 Å². The number of carbonyl (C=O) groups is 1. The third-order valence-electron chi connectivity index (χ3n) is 1.83. The van der Waals surface area contributed by atoms with E-state index in [2.05, 4.69) is 27.2 Å². The Labute approximate surface area is 111 Å². The quantitative estimate of drug-likeness (QED) is 0.858. The third-order valence-corrected chi connectivity index (χ3v) is 4.92. The number of hydrogen-bond acceptors (Lipinski definition) is 4. The van der Waals surface area contributed by atoms with Gasteiger partial charge in [-0.1, -0.05) is 22.5 Å². The predicted octanol–water partition coefficient (Wildman–Crippen LogP) is 1.94. The molecule has 17 heavy (non-hydrogen) atoms. The molecule has 1 aromatic heterocycles. The molecule has 1 aromatic rings. The average molecular weight is 340 g/mol. The van der Waals surface area contributed by atoms with E-state index in [9.17, 15) is 13.2 Å². The molecule has 0 saturated heterocycles. The molecule has 0 saturated carbocycles. The van der Waals surface area contributed by atoms with Crippen molar-refractivity contribution in [3.8, 4) is 0 Å². The van der Waals surface area contributed by atoms with Crippen LogP contribution in [0.4, 0.5) is 0 Å². The molecule has 0 atom stereocenters. The van der Waals surface area contributed by atoms with Crippen LogP contribution in [-0.4, -0.2) is 26.0 Å². The summed E-state index contributed by atoms with van der Waals surface area (Å²) in [7, 11) is -3.83. The van der Waals surface area contributed by atoms with Gasteiger partial charge in [-0.25, -0.2) is 17.9 Å². The maximum atomic E-state index is 11.9. The molecular formula is C9H10BrNO4S2. The summed E-state index contributed by atoms with van der Waals surface area (Å²) in [5.41, 5.74) is 0.417. The van der Waals surface area contributed by atoms with Crippen molar-refractivity contribution in [1.29, 1.82) is 0 Å². The lowest BCUT2D eigenvalue weighted by Crippen LogP contribution is -2.26. The van der Waals surface area contributed by atoms with Gasteiger partial charge in [0.15, 0.2) is 0 Å². The number of hydrogen-bond donors (Lipinski definition) is 2. The number of sulfonamides is 1. The fraction of sp³-hybridized carbons (Fsp3) is 0.222. The molecule has 0 aliphatic rings. The van der Waals surface area contributed by atoms with E-state index >= 15 is 0 Å². The number of halogens is 1. The lowest BCUT2D eigenvalue weighted by Gasteiger charge is -2.06. The van der Waals surface area contributed by atoms with E-state index in [1.807, 2.05) is 0 Å². The maximum absolute atomic E-state index is 11.9. The molecule has 2 N–H and O–H groups in total. The second kappa shape index (κ2) is 5.30. The van der Waals surface area contributed by atoms with Gasteiger partial charge in [-0.2, -0.15) is 0 Å². The van der Waals surface area contributed by atoms with E-state index in [0.717, 1.165) is 11.3 Å². The van der Waals surface area contributed by atoms with Gasteiger partial charge in [0, 0.05) is 11.0 Å². The van der Waals surface area contributed by atoms with Crippen LogP contribution in [0.15, 0.2) is 21.3 Å². The van der Waals surface area contributed by atoms with Gasteiger partial charge in [0.1, 0.15) is 9.77 Å². The van der Waals surface area contributed by atoms with Crippen LogP contribution in [0.5, 0.6) is 0 Å². The van der Waals surface area contributed by atoms with Crippen LogP contribution in [0, 0.1) is 6.92 Å². The second-order valence-electron chi connectivity index (χ2n) is 3.22. The molecule has 0 radical (unpaired) electrons. The molecule has 94 valence electrons. The Kier molecular flexibility index (Phi) is 4.48. The number of carboxylic acids is 1. The van der Waals surface area contributed by atoms with Gasteiger partial charge in [-0.05, 0) is 17.9 Å². The number of carboxylic acid groups (broad SMARTS) is 1. The fourth-order valence-corrected chi connectivity index (χ4v) is 4.14. The average Bonchev–Trinajstić information content (AvgIpc) is 2.58. The highest BCUT2D eigenvalue weighted by atomic mass is 79.9. The van der Waals surface area contributed by atoms with Crippen LogP contribution < -0.4 is 4.72 Å². The molecule has 0 aromatic carbocycles. The summed E-state index contributed by atoms with van der Waals surface area (Å²) in [6, 6.07) is 0. The van der Waals surface area contributed by atoms with Gasteiger partial charge in [0.05, 0.1) is 0 Å². The highest BCUT2D eigenvalue weighted by Gasteiger charge is 2.26. The smallest absolute Gasteiger partial charge is 0.347 e. The van der Waals surface area contributed by atoms with Crippen molar-refractivity contribution in [1.82, 2.24) is 4.72 Å². The SMILES string of the molecule is C=C(Br)CNS(=O)(=O)c1c(C)csc1C(=O)O. The summed E-state index contributed by atoms with van der Waals surface area (Å²) in [5, 5.41) is 10.4. The van der Waals surface area contributed by atoms with E-state index < -0.39 is 16.0 Å². The highest BCUT2D eigenvalue weighted by Crippen LogP contribution is 2.26. The summed E-state index contributed by atoms with van der Waals surface area (Å²) in [5.74, 6) is -1.25. The summed E-state index contributed by atoms with van der Waals surface area (Å²) in [4.78, 5) is 10.5. The summed E-state index contributed by atoms with van der Waals surface area (Å²) < 4.78 is 26.6. The van der Waals surface area contributed by atoms with Gasteiger partial charge in [-0.3, -0.25) is 0 Å². The Bertz CT molecular complexity index is 562. The zero-order valence-corrected chi connectivity index (χ0v) is 12.1. The molecule has 1 rings (SSSR count). The minimum absolute atomic E-state index is 0.0106. The fourth-order valence-electron chi connectivity index (χ4n) is 1.16. The molecule has 8 heteroatoms. The van der Waals surface area contributed by atoms with E-state index in [4.69, 9.17) is 5.11 Å². The number of rotatable bonds is 5. The van der Waals surface area contributed by atoms with Gasteiger partial charge in [0.2, 0.25) is 10.0 Å². The van der Waals surface area contributed by atoms with Crippen molar-refractivity contribution in [2.45, 2.75) is 11.8 Å². The molecule has 0 unspecified atom stereocenters. The zero-order valence-electron chi connectivity index (χ0n) is 8.86. The molecule has 0 bridgehead atoms. The van der Waals surface area contributed by atoms with Crippen LogP contribution in [-0.2, 0) is 10.0 Å². The van der Waals surface area contributed by atoms with Crippen molar-refractivity contribution >= 4 is 43.3 Å². The Morgan fingerprint density at radius 2 is 2.24 bits per heavy atom. The Balaban J connectivity index is 3.19. The first kappa shape index (κ1) is 14.4. The minimum Gasteiger partial charge on any atom is -0.477 e. The number of aromatic carboxylic acids is 1. The first-order chi connectivity index (χ1) is 7.75. The Hall–Kier alpha value is -0.700. The van der Waals surface area contributed by atoms with Crippen LogP contribution >= 0.6 is 27.3 Å². The van der Waals surface area contributed by atoms with Gasteiger partial charge >= 0.3 is 5.97 Å². The number of nitrogens with one attached hydrogen (secondary N) is 1. The lowest BCUT2D eigenvalue weighted by atomic mass is 10.3. The molecule has 1 heterocycles. The Morgan fingerprint density at radius 3 is 2.71 bits per heavy atom. The van der Waals surface area contributed by atoms with Crippen molar-refractivity contribution in [3.05, 3.63) is 26.9 Å². The Morgan fingerprint density at radius 1 is 1.65 bits per heavy atom. The maximum Gasteiger partial charge on any atom is 0.347 e. The second-order valence-corrected chi connectivity index (χ2v) is 6.93. The molecule has 0 fully saturated rings. The van der Waals surface area contributed by atoms with Crippen LogP contribution in [0.2, 0.25) is 0 Å². The monoisotopic (exact) mass is 339 g/mol. The minimum atomic E-state index is -3.83. The zero-order chi connectivity index (χ0) is 13.2. The van der Waals surface area contributed by atoms with Crippen LogP contribution in [0.3, 0.4) is 0 Å². The first-order valence-electron chi connectivity index (χ1n) is 4.40. The van der Waals surface area contributed by atoms with Crippen LogP contribution in [0.25, 0.3) is 0 Å². The molecule has 0 amide bonds. The molecule has 5 nitrogen and oxygen atoms in total. The normalized spacial score (nSPS) is 11.4. The third kappa shape index (κ3) is 3.38. The van der Waals surface area contributed by atoms with Crippen molar-refractivity contribution < 1.29 is 18.3 Å². The summed E-state index contributed by atoms with van der Waals surface area (Å²) in [6.45, 7) is 5.06. The van der Waals surface area contributed by atoms with Gasteiger partial charge < -0.3 is 5.11 Å². The molecule has 0 spiro atoms. The van der Waals surface area contributed by atoms with Crippen molar-refractivity contribution in [2.24, 2.45) is 0 Å². The summed E-state index contributed by atoms with van der Waals surface area (Å²) in [6.07, 6.45) is 0. The first-order valence-corrected chi connectivity index (χ1v) is 7.55. The number of aryl methyl sites for hydroxylation is 1. The number of thiophene rings is 1. The van der Waals surface area contributed by atoms with Crippen molar-refractivity contribution in [2.75, 3.05) is 6.54 Å². The standard InChI is InChI=1S/C9H10BrNO4S2/c1-5-4-16-7(9(12)13)8(5)17(14,15)11-3-6(2)10/h4,11H,2-3H2,1H3,(H,12,13). The predicted molar refractivity (Wildman–Crippen MR) is 69.3 cm³/mol. The molecule has 0 aliphatic heterocycles. The van der Waals surface area contributed by atoms with E-state index in [1.165, 1.54) is 5.38 Å². The van der Waals surface area contributed by atoms with E-state index in [-0.39, 0.29) is 16.3 Å². The van der Waals surface area contributed by atoms with E-state index in [1.54, 1.807) is 6.92 Å². The van der Waals surface area contributed by atoms with Crippen LogP contribution in [0.1, 0.15) is 15.2 Å². The molecule has 0 aliphatic carbocycles. The largest absolute Gasteiger partial charge is 0.477 e. The van der Waals surface area contributed by atoms with Gasteiger partial charge in [-0.15, -0.1) is 11.3 Å². The van der Waals surface area contributed by atoms with Crippen molar-refractivity contribution in [3.63, 3.8) is 0 Å². The van der Waals surface area contributed by atoms with E-state index in [0.29, 0.717) is 10.0 Å². The lowest BCUT2D eigenvalue weighted by molar-refractivity contribution is 0.0698.